The summed E-state index contributed by atoms with van der Waals surface area (Å²) in [7, 11) is 0. The highest BCUT2D eigenvalue weighted by molar-refractivity contribution is 5.09. The Hall–Kier alpha value is -0.920. The van der Waals surface area contributed by atoms with Gasteiger partial charge in [-0.2, -0.15) is 0 Å². The van der Waals surface area contributed by atoms with E-state index >= 15 is 0 Å². The van der Waals surface area contributed by atoms with Crippen LogP contribution in [0.15, 0.2) is 18.3 Å². The smallest absolute Gasteiger partial charge is 0.190 e. The summed E-state index contributed by atoms with van der Waals surface area (Å²) in [6, 6.07) is 3.89. The molecule has 0 saturated heterocycles. The second-order valence-corrected chi connectivity index (χ2v) is 2.79. The number of rotatable bonds is 3. The Balaban J connectivity index is 1.79. The zero-order chi connectivity index (χ0) is 6.81. The second-order valence-electron chi connectivity index (χ2n) is 2.79. The molecule has 54 valence electrons. The molecule has 2 heteroatoms. The molecule has 1 aliphatic carbocycles. The molecule has 1 N–H and O–H groups in total. The van der Waals surface area contributed by atoms with Gasteiger partial charge in [0.15, 0.2) is 5.88 Å². The van der Waals surface area contributed by atoms with Crippen LogP contribution >= 0.6 is 0 Å². The molecule has 1 heterocycles. The van der Waals surface area contributed by atoms with E-state index in [1.807, 2.05) is 18.3 Å². The summed E-state index contributed by atoms with van der Waals surface area (Å²) >= 11 is 0. The molecule has 1 aliphatic rings. The normalized spacial score (nSPS) is 17.2. The number of hydrogen-bond acceptors (Lipinski definition) is 1. The van der Waals surface area contributed by atoms with E-state index in [2.05, 4.69) is 4.98 Å². The maximum Gasteiger partial charge on any atom is 0.190 e. The third-order valence-corrected chi connectivity index (χ3v) is 1.74. The lowest BCUT2D eigenvalue weighted by Gasteiger charge is -1.99. The molecule has 0 aliphatic heterocycles. The lowest BCUT2D eigenvalue weighted by Crippen LogP contribution is -1.98. The van der Waals surface area contributed by atoms with Crippen molar-refractivity contribution in [2.45, 2.75) is 12.8 Å². The number of aromatic nitrogens is 1. The summed E-state index contributed by atoms with van der Waals surface area (Å²) in [5.74, 6) is 1.73. The standard InChI is InChI=1S/C8H11NO/c1-2-8(9-5-1)10-6-7-3-4-7/h1-2,5,7,9H,3-4,6H2. The fourth-order valence-corrected chi connectivity index (χ4v) is 0.896. The maximum atomic E-state index is 5.41. The summed E-state index contributed by atoms with van der Waals surface area (Å²) in [5.41, 5.74) is 0. The van der Waals surface area contributed by atoms with Crippen molar-refractivity contribution in [3.8, 4) is 5.88 Å². The van der Waals surface area contributed by atoms with E-state index in [0.717, 1.165) is 18.4 Å². The molecule has 0 bridgehead atoms. The minimum atomic E-state index is 0.836. The topological polar surface area (TPSA) is 25.0 Å². The predicted molar refractivity (Wildman–Crippen MR) is 39.0 cm³/mol. The Morgan fingerprint density at radius 1 is 1.60 bits per heavy atom. The molecule has 2 rings (SSSR count). The van der Waals surface area contributed by atoms with Crippen LogP contribution in [-0.4, -0.2) is 11.6 Å². The molecule has 2 nitrogen and oxygen atoms in total. The highest BCUT2D eigenvalue weighted by Gasteiger charge is 2.21. The van der Waals surface area contributed by atoms with Crippen molar-refractivity contribution < 1.29 is 4.74 Å². The van der Waals surface area contributed by atoms with Crippen LogP contribution in [0.2, 0.25) is 0 Å². The van der Waals surface area contributed by atoms with Crippen molar-refractivity contribution in [3.63, 3.8) is 0 Å². The SMILES string of the molecule is c1c[nH]c(OCC2CC2)c1. The van der Waals surface area contributed by atoms with Gasteiger partial charge in [0.25, 0.3) is 0 Å². The number of hydrogen-bond donors (Lipinski definition) is 1. The molecular weight excluding hydrogens is 126 g/mol. The van der Waals surface area contributed by atoms with Crippen molar-refractivity contribution in [1.29, 1.82) is 0 Å². The fourth-order valence-electron chi connectivity index (χ4n) is 0.896. The molecule has 1 saturated carbocycles. The molecule has 10 heavy (non-hydrogen) atoms. The van der Waals surface area contributed by atoms with Crippen LogP contribution in [0.4, 0.5) is 0 Å². The van der Waals surface area contributed by atoms with Gasteiger partial charge >= 0.3 is 0 Å². The van der Waals surface area contributed by atoms with Gasteiger partial charge in [0.2, 0.25) is 0 Å². The van der Waals surface area contributed by atoms with E-state index in [1.54, 1.807) is 0 Å². The quantitative estimate of drug-likeness (QED) is 0.675. The van der Waals surface area contributed by atoms with Gasteiger partial charge in [-0.1, -0.05) is 0 Å². The van der Waals surface area contributed by atoms with E-state index < -0.39 is 0 Å². The first-order valence-corrected chi connectivity index (χ1v) is 3.71. The summed E-state index contributed by atoms with van der Waals surface area (Å²) in [4.78, 5) is 3.00. The predicted octanol–water partition coefficient (Wildman–Crippen LogP) is 1.80. The van der Waals surface area contributed by atoms with Gasteiger partial charge in [0.1, 0.15) is 0 Å². The van der Waals surface area contributed by atoms with Crippen molar-refractivity contribution in [3.05, 3.63) is 18.3 Å². The summed E-state index contributed by atoms with van der Waals surface area (Å²) < 4.78 is 5.41. The van der Waals surface area contributed by atoms with E-state index in [1.165, 1.54) is 12.8 Å². The first-order valence-electron chi connectivity index (χ1n) is 3.71. The average Bonchev–Trinajstić information content (AvgIpc) is 2.63. The van der Waals surface area contributed by atoms with Gasteiger partial charge in [-0.15, -0.1) is 0 Å². The fraction of sp³-hybridized carbons (Fsp3) is 0.500. The average molecular weight is 137 g/mol. The minimum Gasteiger partial charge on any atom is -0.479 e. The van der Waals surface area contributed by atoms with Crippen LogP contribution in [-0.2, 0) is 0 Å². The molecule has 0 radical (unpaired) electrons. The van der Waals surface area contributed by atoms with Crippen molar-refractivity contribution in [1.82, 2.24) is 4.98 Å². The molecule has 0 amide bonds. The zero-order valence-corrected chi connectivity index (χ0v) is 5.84. The molecule has 0 spiro atoms. The van der Waals surface area contributed by atoms with Crippen molar-refractivity contribution in [2.75, 3.05) is 6.61 Å². The summed E-state index contributed by atoms with van der Waals surface area (Å²) in [5, 5.41) is 0. The van der Waals surface area contributed by atoms with Gasteiger partial charge < -0.3 is 9.72 Å². The minimum absolute atomic E-state index is 0.836. The van der Waals surface area contributed by atoms with Gasteiger partial charge in [0, 0.05) is 6.20 Å². The van der Waals surface area contributed by atoms with Crippen LogP contribution in [0.1, 0.15) is 12.8 Å². The number of nitrogens with one attached hydrogen (secondary N) is 1. The van der Waals surface area contributed by atoms with Crippen molar-refractivity contribution >= 4 is 0 Å². The lowest BCUT2D eigenvalue weighted by atomic mass is 10.5. The second kappa shape index (κ2) is 2.37. The molecule has 1 aromatic rings. The van der Waals surface area contributed by atoms with Gasteiger partial charge in [0.05, 0.1) is 6.61 Å². The monoisotopic (exact) mass is 137 g/mol. The Labute approximate surface area is 60.2 Å². The molecule has 1 aromatic heterocycles. The number of H-pyrrole nitrogens is 1. The number of aromatic amines is 1. The third kappa shape index (κ3) is 1.32. The van der Waals surface area contributed by atoms with E-state index in [4.69, 9.17) is 4.74 Å². The van der Waals surface area contributed by atoms with E-state index in [9.17, 15) is 0 Å². The van der Waals surface area contributed by atoms with Crippen molar-refractivity contribution in [2.24, 2.45) is 5.92 Å². The highest BCUT2D eigenvalue weighted by atomic mass is 16.5. The van der Waals surface area contributed by atoms with Crippen LogP contribution in [0, 0.1) is 5.92 Å². The lowest BCUT2D eigenvalue weighted by molar-refractivity contribution is 0.290. The Morgan fingerprint density at radius 2 is 2.50 bits per heavy atom. The molecule has 1 fully saturated rings. The van der Waals surface area contributed by atoms with Crippen LogP contribution < -0.4 is 4.74 Å². The van der Waals surface area contributed by atoms with Crippen LogP contribution in [0.5, 0.6) is 5.88 Å². The highest BCUT2D eigenvalue weighted by Crippen LogP contribution is 2.29. The molecular formula is C8H11NO. The van der Waals surface area contributed by atoms with Crippen LogP contribution in [0.3, 0.4) is 0 Å². The Bertz CT molecular complexity index is 189. The third-order valence-electron chi connectivity index (χ3n) is 1.74. The summed E-state index contributed by atoms with van der Waals surface area (Å²) in [6.07, 6.45) is 4.57. The molecule has 0 unspecified atom stereocenters. The van der Waals surface area contributed by atoms with E-state index in [0.29, 0.717) is 0 Å². The van der Waals surface area contributed by atoms with E-state index in [-0.39, 0.29) is 0 Å². The van der Waals surface area contributed by atoms with Gasteiger partial charge in [-0.05, 0) is 30.9 Å². The largest absolute Gasteiger partial charge is 0.479 e. The first-order chi connectivity index (χ1) is 4.95. The molecule has 0 atom stereocenters. The number of ether oxygens (including phenoxy) is 1. The molecule has 0 aromatic carbocycles. The van der Waals surface area contributed by atoms with Gasteiger partial charge in [-0.25, -0.2) is 0 Å². The Kier molecular flexibility index (Phi) is 1.38. The maximum absolute atomic E-state index is 5.41. The summed E-state index contributed by atoms with van der Waals surface area (Å²) in [6.45, 7) is 0.889. The first kappa shape index (κ1) is 5.83. The Morgan fingerprint density at radius 3 is 3.10 bits per heavy atom. The zero-order valence-electron chi connectivity index (χ0n) is 5.84. The van der Waals surface area contributed by atoms with Gasteiger partial charge in [-0.3, -0.25) is 0 Å². The van der Waals surface area contributed by atoms with Crippen LogP contribution in [0.25, 0.3) is 0 Å².